The number of ketones is 2. The van der Waals surface area contributed by atoms with Gasteiger partial charge in [-0.2, -0.15) is 0 Å². The molecule has 21 heavy (non-hydrogen) atoms. The van der Waals surface area contributed by atoms with Crippen LogP contribution in [0.4, 0.5) is 0 Å². The maximum absolute atomic E-state index is 12.4. The lowest BCUT2D eigenvalue weighted by Crippen LogP contribution is -2.19. The number of pyridine rings is 1. The van der Waals surface area contributed by atoms with E-state index >= 15 is 0 Å². The minimum absolute atomic E-state index is 0.0145. The van der Waals surface area contributed by atoms with Gasteiger partial charge in [-0.1, -0.05) is 30.3 Å². The van der Waals surface area contributed by atoms with Crippen molar-refractivity contribution in [1.29, 1.82) is 0 Å². The van der Waals surface area contributed by atoms with E-state index in [4.69, 9.17) is 4.42 Å². The third kappa shape index (κ3) is 1.64. The van der Waals surface area contributed by atoms with Gasteiger partial charge in [-0.3, -0.25) is 14.6 Å². The van der Waals surface area contributed by atoms with Crippen molar-refractivity contribution in [3.05, 3.63) is 71.2 Å². The summed E-state index contributed by atoms with van der Waals surface area (Å²) in [6, 6.07) is 11.9. The normalized spacial score (nSPS) is 13.0. The van der Waals surface area contributed by atoms with Gasteiger partial charge in [0.1, 0.15) is 5.69 Å². The van der Waals surface area contributed by atoms with Gasteiger partial charge < -0.3 is 4.42 Å². The second-order valence-electron chi connectivity index (χ2n) is 4.62. The van der Waals surface area contributed by atoms with E-state index in [-0.39, 0.29) is 28.9 Å². The largest absolute Gasteiger partial charge is 0.430 e. The van der Waals surface area contributed by atoms with Crippen LogP contribution >= 0.6 is 0 Å². The van der Waals surface area contributed by atoms with Crippen molar-refractivity contribution in [3.8, 4) is 11.6 Å². The van der Waals surface area contributed by atoms with Gasteiger partial charge in [0.05, 0.1) is 0 Å². The van der Waals surface area contributed by atoms with Crippen LogP contribution in [0.25, 0.3) is 11.6 Å². The first-order chi connectivity index (χ1) is 10.3. The second-order valence-corrected chi connectivity index (χ2v) is 4.62. The Hall–Kier alpha value is -3.08. The summed E-state index contributed by atoms with van der Waals surface area (Å²) in [7, 11) is 0. The first-order valence-electron chi connectivity index (χ1n) is 6.36. The van der Waals surface area contributed by atoms with Crippen molar-refractivity contribution >= 4 is 11.6 Å². The summed E-state index contributed by atoms with van der Waals surface area (Å²) in [5, 5.41) is 0. The van der Waals surface area contributed by atoms with E-state index in [1.54, 1.807) is 48.7 Å². The Morgan fingerprint density at radius 3 is 2.29 bits per heavy atom. The third-order valence-corrected chi connectivity index (χ3v) is 3.35. The van der Waals surface area contributed by atoms with Gasteiger partial charge in [0.2, 0.25) is 23.2 Å². The van der Waals surface area contributed by atoms with Crippen molar-refractivity contribution in [2.24, 2.45) is 0 Å². The highest BCUT2D eigenvalue weighted by atomic mass is 16.4. The molecule has 0 bridgehead atoms. The van der Waals surface area contributed by atoms with Gasteiger partial charge in [0, 0.05) is 17.3 Å². The van der Waals surface area contributed by atoms with Crippen LogP contribution in [0.15, 0.2) is 53.1 Å². The summed E-state index contributed by atoms with van der Waals surface area (Å²) in [6.07, 6.45) is 1.59. The Kier molecular flexibility index (Phi) is 2.35. The van der Waals surface area contributed by atoms with Gasteiger partial charge in [-0.15, -0.1) is 0 Å². The van der Waals surface area contributed by atoms with Crippen molar-refractivity contribution in [1.82, 2.24) is 9.97 Å². The lowest BCUT2D eigenvalue weighted by Gasteiger charge is -2.10. The molecule has 5 nitrogen and oxygen atoms in total. The molecule has 0 spiro atoms. The smallest absolute Gasteiger partial charge is 0.246 e. The molecular weight excluding hydrogens is 268 g/mol. The minimum atomic E-state index is -0.324. The monoisotopic (exact) mass is 276 g/mol. The molecule has 0 unspecified atom stereocenters. The quantitative estimate of drug-likeness (QED) is 0.534. The minimum Gasteiger partial charge on any atom is -0.430 e. The van der Waals surface area contributed by atoms with Gasteiger partial charge in [0.15, 0.2) is 5.69 Å². The number of hydrogen-bond acceptors (Lipinski definition) is 5. The molecule has 3 aromatic rings. The molecule has 1 aromatic carbocycles. The molecule has 5 heteroatoms. The van der Waals surface area contributed by atoms with Crippen LogP contribution in [0, 0.1) is 0 Å². The highest BCUT2D eigenvalue weighted by Crippen LogP contribution is 2.30. The molecule has 0 amide bonds. The number of oxazole rings is 1. The molecule has 1 aliphatic carbocycles. The van der Waals surface area contributed by atoms with Gasteiger partial charge >= 0.3 is 0 Å². The molecule has 0 aliphatic heterocycles. The number of nitrogens with zero attached hydrogens (tertiary/aromatic N) is 2. The second kappa shape index (κ2) is 4.21. The van der Waals surface area contributed by atoms with E-state index in [0.717, 1.165) is 0 Å². The van der Waals surface area contributed by atoms with Crippen LogP contribution in [0.3, 0.4) is 0 Å². The zero-order valence-corrected chi connectivity index (χ0v) is 10.7. The molecule has 4 rings (SSSR count). The zero-order valence-electron chi connectivity index (χ0n) is 10.7. The molecule has 0 radical (unpaired) electrons. The van der Waals surface area contributed by atoms with Crippen molar-refractivity contribution < 1.29 is 14.0 Å². The number of hydrogen-bond donors (Lipinski definition) is 0. The summed E-state index contributed by atoms with van der Waals surface area (Å²) in [5.74, 6) is -0.463. The fraction of sp³-hybridized carbons (Fsp3) is 0. The summed E-state index contributed by atoms with van der Waals surface area (Å²) < 4.78 is 5.49. The van der Waals surface area contributed by atoms with E-state index in [1.165, 1.54) is 0 Å². The molecule has 0 atom stereocenters. The number of carbonyl (C=O) groups excluding carboxylic acids is 2. The maximum atomic E-state index is 12.4. The lowest BCUT2D eigenvalue weighted by atomic mass is 9.91. The molecule has 2 heterocycles. The molecule has 1 aliphatic rings. The average Bonchev–Trinajstić information content (AvgIpc) is 2.99. The summed E-state index contributed by atoms with van der Waals surface area (Å²) in [4.78, 5) is 33.1. The fourth-order valence-electron chi connectivity index (χ4n) is 2.36. The highest BCUT2D eigenvalue weighted by Gasteiger charge is 2.35. The van der Waals surface area contributed by atoms with Crippen LogP contribution in [0.1, 0.15) is 32.2 Å². The third-order valence-electron chi connectivity index (χ3n) is 3.35. The number of carbonyl (C=O) groups is 2. The first kappa shape index (κ1) is 11.7. The van der Waals surface area contributed by atoms with Crippen LogP contribution in [0.2, 0.25) is 0 Å². The average molecular weight is 276 g/mol. The van der Waals surface area contributed by atoms with E-state index in [1.807, 2.05) is 0 Å². The van der Waals surface area contributed by atoms with Crippen LogP contribution in [-0.4, -0.2) is 21.5 Å². The van der Waals surface area contributed by atoms with E-state index in [2.05, 4.69) is 9.97 Å². The predicted molar refractivity (Wildman–Crippen MR) is 73.0 cm³/mol. The van der Waals surface area contributed by atoms with Gasteiger partial charge in [-0.05, 0) is 12.1 Å². The van der Waals surface area contributed by atoms with Gasteiger partial charge in [0.25, 0.3) is 0 Å². The number of benzene rings is 1. The maximum Gasteiger partial charge on any atom is 0.246 e. The highest BCUT2D eigenvalue weighted by molar-refractivity contribution is 6.26. The Morgan fingerprint density at radius 2 is 1.57 bits per heavy atom. The Balaban J connectivity index is 1.92. The van der Waals surface area contributed by atoms with E-state index < -0.39 is 0 Å². The number of rotatable bonds is 1. The van der Waals surface area contributed by atoms with Crippen LogP contribution in [-0.2, 0) is 0 Å². The topological polar surface area (TPSA) is 73.1 Å². The van der Waals surface area contributed by atoms with Crippen molar-refractivity contribution in [2.75, 3.05) is 0 Å². The standard InChI is InChI=1S/C16H8N2O3/c19-13-9-5-1-2-6-10(9)14(20)15-12(13)18-16(21-15)11-7-3-4-8-17-11/h1-8H. The molecule has 2 aromatic heterocycles. The summed E-state index contributed by atoms with van der Waals surface area (Å²) in [5.41, 5.74) is 1.24. The summed E-state index contributed by atoms with van der Waals surface area (Å²) >= 11 is 0. The Morgan fingerprint density at radius 1 is 0.857 bits per heavy atom. The van der Waals surface area contributed by atoms with Gasteiger partial charge in [-0.25, -0.2) is 4.98 Å². The van der Waals surface area contributed by atoms with E-state index in [9.17, 15) is 9.59 Å². The molecule has 0 fully saturated rings. The predicted octanol–water partition coefficient (Wildman–Crippen LogP) is 2.51. The van der Waals surface area contributed by atoms with Crippen molar-refractivity contribution in [3.63, 3.8) is 0 Å². The van der Waals surface area contributed by atoms with Crippen LogP contribution in [0.5, 0.6) is 0 Å². The van der Waals surface area contributed by atoms with Crippen molar-refractivity contribution in [2.45, 2.75) is 0 Å². The molecule has 0 saturated carbocycles. The molecular formula is C16H8N2O3. The molecule has 100 valence electrons. The number of fused-ring (bicyclic) bond motifs is 2. The Labute approximate surface area is 119 Å². The summed E-state index contributed by atoms with van der Waals surface area (Å²) in [6.45, 7) is 0. The zero-order chi connectivity index (χ0) is 14.4. The first-order valence-corrected chi connectivity index (χ1v) is 6.36. The lowest BCUT2D eigenvalue weighted by molar-refractivity contribution is 0.0959. The Bertz CT molecular complexity index is 829. The molecule has 0 saturated heterocycles. The fourth-order valence-corrected chi connectivity index (χ4v) is 2.36. The number of aromatic nitrogens is 2. The van der Waals surface area contributed by atoms with E-state index in [0.29, 0.717) is 16.8 Å². The van der Waals surface area contributed by atoms with Crippen LogP contribution < -0.4 is 0 Å². The molecule has 0 N–H and O–H groups in total. The SMILES string of the molecule is O=C1c2ccccc2C(=O)c2oc(-c3ccccn3)nc21.